The number of carbonyl (C=O) groups is 2. The molecule has 0 spiro atoms. The summed E-state index contributed by atoms with van der Waals surface area (Å²) in [5.74, 6) is 0.154. The van der Waals surface area contributed by atoms with Gasteiger partial charge in [-0.25, -0.2) is 0 Å². The number of primary amides is 1. The minimum atomic E-state index is -0.433. The summed E-state index contributed by atoms with van der Waals surface area (Å²) in [4.78, 5) is 30.6. The van der Waals surface area contributed by atoms with Crippen LogP contribution >= 0.6 is 0 Å². The number of nitrogens with two attached hydrogens (primary N) is 1. The van der Waals surface area contributed by atoms with Crippen LogP contribution < -0.4 is 5.73 Å². The average molecular weight is 408 g/mol. The zero-order valence-electron chi connectivity index (χ0n) is 17.3. The highest BCUT2D eigenvalue weighted by Crippen LogP contribution is 2.29. The van der Waals surface area contributed by atoms with E-state index in [4.69, 9.17) is 10.5 Å². The van der Waals surface area contributed by atoms with E-state index in [1.54, 1.807) is 12.1 Å². The minimum absolute atomic E-state index is 0.103. The summed E-state index contributed by atoms with van der Waals surface area (Å²) >= 11 is 0. The third-order valence-electron chi connectivity index (χ3n) is 6.21. The number of nitrogens with zero attached hydrogens (tertiary/aromatic N) is 2. The molecule has 1 atom stereocenters. The number of carbonyl (C=O) groups excluding carboxylic acids is 2. The molecule has 0 saturated carbocycles. The molecule has 1 aromatic heterocycles. The van der Waals surface area contributed by atoms with E-state index in [9.17, 15) is 9.59 Å². The summed E-state index contributed by atoms with van der Waals surface area (Å²) in [6.07, 6.45) is 7.61. The summed E-state index contributed by atoms with van der Waals surface area (Å²) < 4.78 is 5.71. The second-order valence-corrected chi connectivity index (χ2v) is 8.26. The monoisotopic (exact) mass is 407 g/mol. The maximum absolute atomic E-state index is 12.6. The van der Waals surface area contributed by atoms with Crippen molar-refractivity contribution in [3.05, 3.63) is 53.9 Å². The first-order valence-electron chi connectivity index (χ1n) is 10.9. The van der Waals surface area contributed by atoms with E-state index in [0.29, 0.717) is 17.9 Å². The Morgan fingerprint density at radius 3 is 2.57 bits per heavy atom. The van der Waals surface area contributed by atoms with E-state index in [-0.39, 0.29) is 12.0 Å². The molecule has 1 aromatic carbocycles. The fourth-order valence-corrected chi connectivity index (χ4v) is 4.39. The van der Waals surface area contributed by atoms with Crippen molar-refractivity contribution in [1.82, 2.24) is 9.88 Å². The lowest BCUT2D eigenvalue weighted by Crippen LogP contribution is -2.40. The SMILES string of the molecule is NC(=O)c1cccc(-c2ccc(C3CCN(C(=O)CC4CCCCO4)CC3)nc2)c1. The third-order valence-corrected chi connectivity index (χ3v) is 6.21. The molecule has 0 radical (unpaired) electrons. The average Bonchev–Trinajstić information content (AvgIpc) is 2.80. The molecular weight excluding hydrogens is 378 g/mol. The molecule has 2 amide bonds. The van der Waals surface area contributed by atoms with Crippen molar-refractivity contribution in [2.75, 3.05) is 19.7 Å². The summed E-state index contributed by atoms with van der Waals surface area (Å²) in [6, 6.07) is 11.4. The highest BCUT2D eigenvalue weighted by molar-refractivity contribution is 5.94. The van der Waals surface area contributed by atoms with E-state index in [2.05, 4.69) is 11.1 Å². The molecule has 3 heterocycles. The summed E-state index contributed by atoms with van der Waals surface area (Å²) in [5.41, 5.74) is 8.82. The van der Waals surface area contributed by atoms with E-state index in [1.807, 2.05) is 29.3 Å². The number of likely N-dealkylation sites (tertiary alicyclic amines) is 1. The first-order valence-corrected chi connectivity index (χ1v) is 10.9. The van der Waals surface area contributed by atoms with Crippen LogP contribution in [-0.4, -0.2) is 47.5 Å². The van der Waals surface area contributed by atoms with Gasteiger partial charge in [0.15, 0.2) is 0 Å². The second-order valence-electron chi connectivity index (χ2n) is 8.26. The van der Waals surface area contributed by atoms with Crippen LogP contribution in [0.1, 0.15) is 60.5 Å². The Balaban J connectivity index is 1.33. The van der Waals surface area contributed by atoms with Crippen molar-refractivity contribution in [1.29, 1.82) is 0 Å². The quantitative estimate of drug-likeness (QED) is 0.822. The van der Waals surface area contributed by atoms with Gasteiger partial charge < -0.3 is 15.4 Å². The molecule has 2 aliphatic rings. The van der Waals surface area contributed by atoms with Crippen LogP contribution in [0.4, 0.5) is 0 Å². The molecular formula is C24H29N3O3. The smallest absolute Gasteiger partial charge is 0.248 e. The maximum Gasteiger partial charge on any atom is 0.248 e. The standard InChI is InChI=1S/C24H29N3O3/c25-24(29)19-5-3-4-18(14-19)20-7-8-22(26-16-20)17-9-11-27(12-10-17)23(28)15-21-6-1-2-13-30-21/h3-5,7-8,14,16-17,21H,1-2,6,9-13,15H2,(H2,25,29). The van der Waals surface area contributed by atoms with E-state index in [0.717, 1.165) is 68.6 Å². The molecule has 4 rings (SSSR count). The van der Waals surface area contributed by atoms with Gasteiger partial charge in [-0.15, -0.1) is 0 Å². The maximum atomic E-state index is 12.6. The second kappa shape index (κ2) is 9.39. The number of rotatable bonds is 5. The minimum Gasteiger partial charge on any atom is -0.378 e. The Hall–Kier alpha value is -2.73. The number of benzene rings is 1. The van der Waals surface area contributed by atoms with Crippen LogP contribution in [0.3, 0.4) is 0 Å². The number of hydrogen-bond donors (Lipinski definition) is 1. The van der Waals surface area contributed by atoms with Gasteiger partial charge in [0.05, 0.1) is 12.5 Å². The summed E-state index contributed by atoms with van der Waals surface area (Å²) in [7, 11) is 0. The fourth-order valence-electron chi connectivity index (χ4n) is 4.39. The molecule has 2 N–H and O–H groups in total. The molecule has 1 unspecified atom stereocenters. The molecule has 0 aliphatic carbocycles. The van der Waals surface area contributed by atoms with Crippen LogP contribution in [0.25, 0.3) is 11.1 Å². The predicted octanol–water partition coefficient (Wildman–Crippen LogP) is 3.51. The Kier molecular flexibility index (Phi) is 6.43. The van der Waals surface area contributed by atoms with Crippen molar-refractivity contribution in [2.45, 2.75) is 50.5 Å². The lowest BCUT2D eigenvalue weighted by atomic mass is 9.92. The van der Waals surface area contributed by atoms with Crippen LogP contribution in [0, 0.1) is 0 Å². The van der Waals surface area contributed by atoms with Gasteiger partial charge in [-0.2, -0.15) is 0 Å². The van der Waals surface area contributed by atoms with Gasteiger partial charge in [-0.05, 0) is 55.9 Å². The van der Waals surface area contributed by atoms with Crippen molar-refractivity contribution >= 4 is 11.8 Å². The molecule has 2 aliphatic heterocycles. The number of piperidine rings is 1. The molecule has 30 heavy (non-hydrogen) atoms. The van der Waals surface area contributed by atoms with Gasteiger partial charge in [0.1, 0.15) is 0 Å². The topological polar surface area (TPSA) is 85.5 Å². The number of ether oxygens (including phenoxy) is 1. The zero-order valence-corrected chi connectivity index (χ0v) is 17.3. The lowest BCUT2D eigenvalue weighted by molar-refractivity contribution is -0.136. The molecule has 2 fully saturated rings. The zero-order chi connectivity index (χ0) is 20.9. The van der Waals surface area contributed by atoms with Gasteiger partial charge in [0.25, 0.3) is 0 Å². The van der Waals surface area contributed by atoms with Crippen LogP contribution in [0.15, 0.2) is 42.6 Å². The van der Waals surface area contributed by atoms with Gasteiger partial charge in [0.2, 0.25) is 11.8 Å². The van der Waals surface area contributed by atoms with Crippen molar-refractivity contribution in [3.8, 4) is 11.1 Å². The number of pyridine rings is 1. The van der Waals surface area contributed by atoms with Crippen LogP contribution in [0.2, 0.25) is 0 Å². The van der Waals surface area contributed by atoms with E-state index < -0.39 is 5.91 Å². The molecule has 6 heteroatoms. The molecule has 0 bridgehead atoms. The van der Waals surface area contributed by atoms with Gasteiger partial charge in [-0.1, -0.05) is 18.2 Å². The van der Waals surface area contributed by atoms with Crippen LogP contribution in [0.5, 0.6) is 0 Å². The first kappa shape index (κ1) is 20.5. The Labute approximate surface area is 177 Å². The fraction of sp³-hybridized carbons (Fsp3) is 0.458. The molecule has 6 nitrogen and oxygen atoms in total. The Bertz CT molecular complexity index is 883. The van der Waals surface area contributed by atoms with E-state index >= 15 is 0 Å². The first-order chi connectivity index (χ1) is 14.6. The van der Waals surface area contributed by atoms with Crippen molar-refractivity contribution < 1.29 is 14.3 Å². The Morgan fingerprint density at radius 1 is 1.07 bits per heavy atom. The van der Waals surface area contributed by atoms with Gasteiger partial charge in [0, 0.05) is 48.6 Å². The molecule has 158 valence electrons. The Morgan fingerprint density at radius 2 is 1.90 bits per heavy atom. The molecule has 2 aromatic rings. The number of aromatic nitrogens is 1. The van der Waals surface area contributed by atoms with Gasteiger partial charge in [-0.3, -0.25) is 14.6 Å². The normalized spacial score (nSPS) is 20.1. The number of hydrogen-bond acceptors (Lipinski definition) is 4. The van der Waals surface area contributed by atoms with Gasteiger partial charge >= 0.3 is 0 Å². The third kappa shape index (κ3) is 4.87. The highest BCUT2D eigenvalue weighted by Gasteiger charge is 2.27. The molecule has 2 saturated heterocycles. The summed E-state index contributed by atoms with van der Waals surface area (Å²) in [5, 5.41) is 0. The van der Waals surface area contributed by atoms with Crippen LogP contribution in [-0.2, 0) is 9.53 Å². The lowest BCUT2D eigenvalue weighted by Gasteiger charge is -2.33. The van der Waals surface area contributed by atoms with Crippen molar-refractivity contribution in [2.24, 2.45) is 5.73 Å². The van der Waals surface area contributed by atoms with Crippen molar-refractivity contribution in [3.63, 3.8) is 0 Å². The number of amides is 2. The van der Waals surface area contributed by atoms with E-state index in [1.165, 1.54) is 0 Å². The largest absolute Gasteiger partial charge is 0.378 e. The highest BCUT2D eigenvalue weighted by atomic mass is 16.5. The summed E-state index contributed by atoms with van der Waals surface area (Å²) in [6.45, 7) is 2.34. The predicted molar refractivity (Wildman–Crippen MR) is 115 cm³/mol.